The molecular formula is C28H36ClN8O3+. The molecule has 5 rings (SSSR count). The highest BCUT2D eigenvalue weighted by Crippen LogP contribution is 2.37. The number of anilines is 1. The molecule has 1 aromatic carbocycles. The van der Waals surface area contributed by atoms with Crippen LogP contribution in [0.2, 0.25) is 5.02 Å². The number of nitrogens with one attached hydrogen (secondary N) is 2. The van der Waals surface area contributed by atoms with Gasteiger partial charge in [0.2, 0.25) is 0 Å². The van der Waals surface area contributed by atoms with E-state index in [0.29, 0.717) is 55.2 Å². The molecule has 3 aromatic rings. The Morgan fingerprint density at radius 3 is 2.73 bits per heavy atom. The number of methoxy groups -OCH3 is 1. The zero-order chi connectivity index (χ0) is 28.8. The molecule has 1 fully saturated rings. The van der Waals surface area contributed by atoms with Crippen LogP contribution in [0.4, 0.5) is 10.5 Å². The Morgan fingerprint density at radius 2 is 2.05 bits per heavy atom. The fourth-order valence-electron chi connectivity index (χ4n) is 5.81. The average Bonchev–Trinajstić information content (AvgIpc) is 3.31. The number of likely N-dealkylation sites (tertiary alicyclic amines) is 1. The molecular weight excluding hydrogens is 532 g/mol. The fourth-order valence-corrected chi connectivity index (χ4v) is 6.04. The Bertz CT molecular complexity index is 1520. The molecule has 12 heteroatoms. The summed E-state index contributed by atoms with van der Waals surface area (Å²) in [6, 6.07) is 3.09. The lowest BCUT2D eigenvalue weighted by Gasteiger charge is -2.33. The zero-order valence-corrected chi connectivity index (χ0v) is 24.0. The first-order valence-electron chi connectivity index (χ1n) is 13.4. The normalized spacial score (nSPS) is 17.6. The van der Waals surface area contributed by atoms with Gasteiger partial charge in [0.05, 0.1) is 46.4 Å². The van der Waals surface area contributed by atoms with Crippen molar-refractivity contribution in [3.05, 3.63) is 73.2 Å². The zero-order valence-electron chi connectivity index (χ0n) is 23.3. The van der Waals surface area contributed by atoms with Gasteiger partial charge in [-0.05, 0) is 62.8 Å². The first-order valence-corrected chi connectivity index (χ1v) is 13.8. The third kappa shape index (κ3) is 4.99. The van der Waals surface area contributed by atoms with Crippen LogP contribution in [-0.4, -0.2) is 57.1 Å². The molecule has 1 atom stereocenters. The number of ether oxygens (including phenoxy) is 1. The van der Waals surface area contributed by atoms with Crippen LogP contribution in [-0.2, 0) is 23.3 Å². The van der Waals surface area contributed by atoms with Crippen LogP contribution in [0.3, 0.4) is 0 Å². The minimum absolute atomic E-state index is 0.0792. The van der Waals surface area contributed by atoms with Crippen LogP contribution in [0.5, 0.6) is 0 Å². The van der Waals surface area contributed by atoms with E-state index in [1.165, 1.54) is 6.21 Å². The van der Waals surface area contributed by atoms with Crippen molar-refractivity contribution in [2.45, 2.75) is 64.1 Å². The maximum Gasteiger partial charge on any atom is 0.317 e. The number of imidazole rings is 1. The number of fused-ring (bicyclic) bond motifs is 2. The molecule has 1 saturated heterocycles. The van der Waals surface area contributed by atoms with E-state index in [1.807, 2.05) is 32.9 Å². The molecule has 11 nitrogen and oxygen atoms in total. The number of aryl methyl sites for hydroxylation is 1. The highest BCUT2D eigenvalue weighted by Gasteiger charge is 2.35. The van der Waals surface area contributed by atoms with Crippen LogP contribution in [0, 0.1) is 6.92 Å². The molecule has 2 aliphatic heterocycles. The topological polar surface area (TPSA) is 157 Å². The lowest BCUT2D eigenvalue weighted by molar-refractivity contribution is -0.104. The van der Waals surface area contributed by atoms with Gasteiger partial charge in [-0.25, -0.2) is 14.9 Å². The van der Waals surface area contributed by atoms with E-state index in [0.717, 1.165) is 33.9 Å². The number of piperidine rings is 1. The Balaban J connectivity index is 1.43. The summed E-state index contributed by atoms with van der Waals surface area (Å²) in [6.07, 6.45) is 5.13. The van der Waals surface area contributed by atoms with Crippen molar-refractivity contribution >= 4 is 29.5 Å². The van der Waals surface area contributed by atoms with Crippen molar-refractivity contribution in [2.75, 3.05) is 25.9 Å². The molecule has 2 aromatic heterocycles. The van der Waals surface area contributed by atoms with E-state index in [2.05, 4.69) is 20.1 Å². The lowest BCUT2D eigenvalue weighted by atomic mass is 9.90. The smallest absolute Gasteiger partial charge is 0.317 e. The quantitative estimate of drug-likeness (QED) is 0.272. The van der Waals surface area contributed by atoms with Crippen LogP contribution in [0.25, 0.3) is 0 Å². The number of amides is 2. The van der Waals surface area contributed by atoms with E-state index >= 15 is 0 Å². The van der Waals surface area contributed by atoms with Gasteiger partial charge in [0.1, 0.15) is 11.4 Å². The standard InChI is InChI=1S/C28H35ClN8O3/c1-15-9-18(26(38)35-34-15)16-5-7-36(8-6-16)27(39)33-22-11-17-10-21(29)24(31)19(12-30)20(17)14-37-23(13-32-25(22)37)28(2,3)40-4/h9-10,12-13,16,22,30H,5-8,11,14,31H2,1-4H3,(H,33,39)(H,35,38)/p+1/t22-/m1/s1. The first kappa shape index (κ1) is 27.9. The summed E-state index contributed by atoms with van der Waals surface area (Å²) in [5, 5.41) is 16.2. The van der Waals surface area contributed by atoms with E-state index in [1.54, 1.807) is 18.2 Å². The van der Waals surface area contributed by atoms with E-state index < -0.39 is 11.6 Å². The number of nitrogen functional groups attached to an aromatic ring is 1. The number of rotatable bonds is 5. The number of nitrogens with two attached hydrogens (primary N) is 2. The minimum Gasteiger partial charge on any atom is -0.397 e. The molecule has 4 heterocycles. The molecule has 0 radical (unpaired) electrons. The predicted octanol–water partition coefficient (Wildman–Crippen LogP) is 1.80. The number of halogens is 1. The molecule has 0 unspecified atom stereocenters. The van der Waals surface area contributed by atoms with Gasteiger partial charge in [0.25, 0.3) is 5.56 Å². The number of carbonyl (C=O) groups excluding carboxylic acids is 1. The number of benzene rings is 1. The number of H-pyrrole nitrogens is 1. The highest BCUT2D eigenvalue weighted by atomic mass is 35.5. The summed E-state index contributed by atoms with van der Waals surface area (Å²) in [7, 11) is 1.66. The molecule has 6 N–H and O–H groups in total. The molecule has 212 valence electrons. The Labute approximate surface area is 237 Å². The molecule has 0 spiro atoms. The second-order valence-electron chi connectivity index (χ2n) is 11.1. The van der Waals surface area contributed by atoms with Gasteiger partial charge in [-0.1, -0.05) is 11.6 Å². The van der Waals surface area contributed by atoms with Crippen LogP contribution in [0.15, 0.2) is 23.1 Å². The van der Waals surface area contributed by atoms with Gasteiger partial charge in [-0.15, -0.1) is 0 Å². The van der Waals surface area contributed by atoms with Crippen molar-refractivity contribution in [2.24, 2.45) is 0 Å². The van der Waals surface area contributed by atoms with Crippen molar-refractivity contribution in [1.29, 1.82) is 0 Å². The Kier molecular flexibility index (Phi) is 7.45. The summed E-state index contributed by atoms with van der Waals surface area (Å²) < 4.78 is 7.86. The van der Waals surface area contributed by atoms with Crippen LogP contribution in [0.1, 0.15) is 78.1 Å². The number of carbonyl (C=O) groups is 1. The van der Waals surface area contributed by atoms with E-state index in [9.17, 15) is 9.59 Å². The van der Waals surface area contributed by atoms with Gasteiger partial charge in [0.15, 0.2) is 6.21 Å². The van der Waals surface area contributed by atoms with Crippen molar-refractivity contribution in [1.82, 2.24) is 30.0 Å². The second kappa shape index (κ2) is 10.7. The van der Waals surface area contributed by atoms with Gasteiger partial charge < -0.3 is 25.3 Å². The molecule has 0 bridgehead atoms. The third-order valence-electron chi connectivity index (χ3n) is 8.27. The second-order valence-corrected chi connectivity index (χ2v) is 11.5. The summed E-state index contributed by atoms with van der Waals surface area (Å²) in [4.78, 5) is 32.5. The van der Waals surface area contributed by atoms with E-state index in [4.69, 9.17) is 32.5 Å². The predicted molar refractivity (Wildman–Crippen MR) is 152 cm³/mol. The summed E-state index contributed by atoms with van der Waals surface area (Å²) in [6.45, 7) is 7.32. The van der Waals surface area contributed by atoms with Crippen molar-refractivity contribution in [3.8, 4) is 0 Å². The lowest BCUT2D eigenvalue weighted by Crippen LogP contribution is -2.46. The van der Waals surface area contributed by atoms with Gasteiger partial charge >= 0.3 is 6.03 Å². The van der Waals surface area contributed by atoms with Gasteiger partial charge in [0, 0.05) is 32.2 Å². The van der Waals surface area contributed by atoms with Gasteiger partial charge in [-0.2, -0.15) is 5.10 Å². The third-order valence-corrected chi connectivity index (χ3v) is 8.59. The fraction of sp³-hybridized carbons (Fsp3) is 0.464. The monoisotopic (exact) mass is 567 g/mol. The minimum atomic E-state index is -0.625. The maximum absolute atomic E-state index is 13.6. The van der Waals surface area contributed by atoms with Gasteiger partial charge in [-0.3, -0.25) is 10.2 Å². The number of aromatic amines is 1. The Hall–Kier alpha value is -3.70. The SMILES string of the molecule is COC(C)(C)c1cnc2n1Cc1c(cc(Cl)c(N)c1C=[NH2+])C[C@H]2NC(=O)N1CCC(c2cc(C)n[nH]c2=O)CC1. The number of hydrogen-bond donors (Lipinski definition) is 4. The largest absolute Gasteiger partial charge is 0.397 e. The highest BCUT2D eigenvalue weighted by molar-refractivity contribution is 6.33. The summed E-state index contributed by atoms with van der Waals surface area (Å²) >= 11 is 6.49. The van der Waals surface area contributed by atoms with Crippen molar-refractivity contribution < 1.29 is 14.9 Å². The summed E-state index contributed by atoms with van der Waals surface area (Å²) in [5.74, 6) is 0.798. The average molecular weight is 568 g/mol. The molecule has 2 amide bonds. The molecule has 0 aliphatic carbocycles. The van der Waals surface area contributed by atoms with Crippen LogP contribution < -0.4 is 22.0 Å². The number of hydrogen-bond acceptors (Lipinski definition) is 6. The molecule has 2 aliphatic rings. The number of nitrogens with zero attached hydrogens (tertiary/aromatic N) is 4. The number of aromatic nitrogens is 4. The molecule has 40 heavy (non-hydrogen) atoms. The number of urea groups is 1. The summed E-state index contributed by atoms with van der Waals surface area (Å²) in [5.41, 5.74) is 10.9. The Morgan fingerprint density at radius 1 is 1.32 bits per heavy atom. The van der Waals surface area contributed by atoms with Crippen molar-refractivity contribution in [3.63, 3.8) is 0 Å². The maximum atomic E-state index is 13.6. The molecule has 0 saturated carbocycles. The first-order chi connectivity index (χ1) is 19.0. The van der Waals surface area contributed by atoms with Crippen LogP contribution >= 0.6 is 11.6 Å². The van der Waals surface area contributed by atoms with E-state index in [-0.39, 0.29) is 17.5 Å².